The molecule has 16 heavy (non-hydrogen) atoms. The second-order valence-electron chi connectivity index (χ2n) is 5.12. The van der Waals surface area contributed by atoms with Crippen LogP contribution in [0.15, 0.2) is 0 Å². The Bertz CT molecular complexity index is 329. The maximum atomic E-state index is 12.2. The summed E-state index contributed by atoms with van der Waals surface area (Å²) in [7, 11) is -3.09. The average molecular weight is 247 g/mol. The molecule has 0 amide bonds. The molecule has 0 bridgehead atoms. The molecule has 1 atom stereocenters. The third-order valence-electron chi connectivity index (χ3n) is 3.34. The van der Waals surface area contributed by atoms with E-state index in [4.69, 9.17) is 4.74 Å². The number of nitrogens with zero attached hydrogens (tertiary/aromatic N) is 1. The molecule has 0 aromatic carbocycles. The summed E-state index contributed by atoms with van der Waals surface area (Å²) >= 11 is 0. The minimum Gasteiger partial charge on any atom is -0.381 e. The summed E-state index contributed by atoms with van der Waals surface area (Å²) in [5.41, 5.74) is 0. The van der Waals surface area contributed by atoms with Crippen LogP contribution in [0.25, 0.3) is 0 Å². The summed E-state index contributed by atoms with van der Waals surface area (Å²) in [4.78, 5) is 0. The zero-order valence-corrected chi connectivity index (χ0v) is 10.9. The van der Waals surface area contributed by atoms with Gasteiger partial charge in [0.15, 0.2) is 0 Å². The molecule has 94 valence electrons. The first-order valence-corrected chi connectivity index (χ1v) is 7.60. The van der Waals surface area contributed by atoms with E-state index in [2.05, 4.69) is 0 Å². The average Bonchev–Trinajstić information content (AvgIpc) is 2.91. The number of sulfonamides is 1. The van der Waals surface area contributed by atoms with Gasteiger partial charge in [0.2, 0.25) is 10.0 Å². The molecule has 1 unspecified atom stereocenters. The fraction of sp³-hybridized carbons (Fsp3) is 1.00. The normalized spacial score (nSPS) is 26.9. The van der Waals surface area contributed by atoms with Crippen molar-refractivity contribution in [2.45, 2.75) is 44.4 Å². The standard InChI is InChI=1S/C11H21NO3S/c1-9(2)16(13,14)12(11-3-4-11)7-10-5-6-15-8-10/h9-11H,3-8H2,1-2H3. The van der Waals surface area contributed by atoms with E-state index in [0.29, 0.717) is 12.5 Å². The Kier molecular flexibility index (Phi) is 3.56. The largest absolute Gasteiger partial charge is 0.381 e. The summed E-state index contributed by atoms with van der Waals surface area (Å²) < 4.78 is 31.4. The molecule has 1 saturated heterocycles. The highest BCUT2D eigenvalue weighted by molar-refractivity contribution is 7.89. The van der Waals surface area contributed by atoms with Gasteiger partial charge in [-0.3, -0.25) is 0 Å². The molecule has 0 aromatic rings. The first-order chi connectivity index (χ1) is 7.51. The van der Waals surface area contributed by atoms with E-state index in [1.54, 1.807) is 18.2 Å². The molecular weight excluding hydrogens is 226 g/mol. The predicted octanol–water partition coefficient (Wildman–Crippen LogP) is 1.23. The summed E-state index contributed by atoms with van der Waals surface area (Å²) in [6.07, 6.45) is 3.05. The minimum absolute atomic E-state index is 0.271. The van der Waals surface area contributed by atoms with Crippen LogP contribution in [0.3, 0.4) is 0 Å². The van der Waals surface area contributed by atoms with Crippen LogP contribution in [0.1, 0.15) is 33.1 Å². The summed E-state index contributed by atoms with van der Waals surface area (Å²) in [5.74, 6) is 0.397. The van der Waals surface area contributed by atoms with E-state index >= 15 is 0 Å². The Morgan fingerprint density at radius 2 is 2.00 bits per heavy atom. The zero-order chi connectivity index (χ0) is 11.8. The van der Waals surface area contributed by atoms with E-state index < -0.39 is 10.0 Å². The lowest BCUT2D eigenvalue weighted by Gasteiger charge is -2.26. The van der Waals surface area contributed by atoms with Crippen LogP contribution >= 0.6 is 0 Å². The van der Waals surface area contributed by atoms with Crippen molar-refractivity contribution in [2.75, 3.05) is 19.8 Å². The molecule has 2 aliphatic rings. The van der Waals surface area contributed by atoms with Crippen LogP contribution in [-0.4, -0.2) is 43.8 Å². The first-order valence-electron chi connectivity index (χ1n) is 6.10. The molecule has 2 rings (SSSR count). The smallest absolute Gasteiger partial charge is 0.216 e. The van der Waals surface area contributed by atoms with Gasteiger partial charge in [0.1, 0.15) is 0 Å². The molecule has 4 nitrogen and oxygen atoms in total. The van der Waals surface area contributed by atoms with Crippen molar-refractivity contribution >= 4 is 10.0 Å². The van der Waals surface area contributed by atoms with Gasteiger partial charge in [-0.2, -0.15) is 4.31 Å². The Balaban J connectivity index is 2.04. The van der Waals surface area contributed by atoms with Gasteiger partial charge in [-0.1, -0.05) is 0 Å². The third kappa shape index (κ3) is 2.57. The van der Waals surface area contributed by atoms with Crippen molar-refractivity contribution in [2.24, 2.45) is 5.92 Å². The quantitative estimate of drug-likeness (QED) is 0.734. The summed E-state index contributed by atoms with van der Waals surface area (Å²) in [6.45, 7) is 5.68. The number of rotatable bonds is 5. The van der Waals surface area contributed by atoms with Gasteiger partial charge in [-0.05, 0) is 39.0 Å². The van der Waals surface area contributed by atoms with E-state index in [-0.39, 0.29) is 11.3 Å². The minimum atomic E-state index is -3.09. The maximum absolute atomic E-state index is 12.2. The van der Waals surface area contributed by atoms with E-state index in [9.17, 15) is 8.42 Å². The van der Waals surface area contributed by atoms with Gasteiger partial charge < -0.3 is 4.74 Å². The van der Waals surface area contributed by atoms with Crippen molar-refractivity contribution in [1.29, 1.82) is 0 Å². The Morgan fingerprint density at radius 3 is 2.44 bits per heavy atom. The van der Waals surface area contributed by atoms with Gasteiger partial charge in [0.25, 0.3) is 0 Å². The van der Waals surface area contributed by atoms with Crippen molar-refractivity contribution in [1.82, 2.24) is 4.31 Å². The van der Waals surface area contributed by atoms with Gasteiger partial charge in [0, 0.05) is 19.2 Å². The van der Waals surface area contributed by atoms with Crippen LogP contribution in [0.4, 0.5) is 0 Å². The lowest BCUT2D eigenvalue weighted by molar-refractivity contribution is 0.179. The molecule has 1 aliphatic carbocycles. The molecule has 1 heterocycles. The Morgan fingerprint density at radius 1 is 1.31 bits per heavy atom. The van der Waals surface area contributed by atoms with Crippen molar-refractivity contribution < 1.29 is 13.2 Å². The Hall–Kier alpha value is -0.130. The molecule has 1 saturated carbocycles. The second kappa shape index (κ2) is 4.63. The van der Waals surface area contributed by atoms with E-state index in [1.807, 2.05) is 0 Å². The maximum Gasteiger partial charge on any atom is 0.216 e. The van der Waals surface area contributed by atoms with E-state index in [1.165, 1.54) is 0 Å². The third-order valence-corrected chi connectivity index (χ3v) is 5.63. The van der Waals surface area contributed by atoms with Crippen LogP contribution in [0.5, 0.6) is 0 Å². The molecule has 2 fully saturated rings. The lowest BCUT2D eigenvalue weighted by atomic mass is 10.1. The van der Waals surface area contributed by atoms with Crippen LogP contribution < -0.4 is 0 Å². The van der Waals surface area contributed by atoms with Gasteiger partial charge in [0.05, 0.1) is 11.9 Å². The summed E-state index contributed by atoms with van der Waals surface area (Å²) in [5, 5.41) is -0.310. The highest BCUT2D eigenvalue weighted by atomic mass is 32.2. The van der Waals surface area contributed by atoms with Crippen LogP contribution in [0.2, 0.25) is 0 Å². The first kappa shape index (κ1) is 12.3. The highest BCUT2D eigenvalue weighted by Crippen LogP contribution is 2.32. The monoisotopic (exact) mass is 247 g/mol. The van der Waals surface area contributed by atoms with Crippen molar-refractivity contribution in [3.8, 4) is 0 Å². The molecule has 0 N–H and O–H groups in total. The predicted molar refractivity (Wildman–Crippen MR) is 62.7 cm³/mol. The van der Waals surface area contributed by atoms with Gasteiger partial charge >= 0.3 is 0 Å². The number of hydrogen-bond acceptors (Lipinski definition) is 3. The highest BCUT2D eigenvalue weighted by Gasteiger charge is 2.40. The number of hydrogen-bond donors (Lipinski definition) is 0. The fourth-order valence-electron chi connectivity index (χ4n) is 2.08. The fourth-order valence-corrected chi connectivity index (χ4v) is 3.66. The Labute approximate surface area is 98.0 Å². The van der Waals surface area contributed by atoms with Gasteiger partial charge in [-0.25, -0.2) is 8.42 Å². The molecule has 0 aromatic heterocycles. The molecular formula is C11H21NO3S. The van der Waals surface area contributed by atoms with Crippen molar-refractivity contribution in [3.63, 3.8) is 0 Å². The SMILES string of the molecule is CC(C)S(=O)(=O)N(CC1CCOC1)C1CC1. The van der Waals surface area contributed by atoms with Crippen LogP contribution in [0, 0.1) is 5.92 Å². The lowest BCUT2D eigenvalue weighted by Crippen LogP contribution is -2.41. The zero-order valence-electron chi connectivity index (χ0n) is 10.1. The topological polar surface area (TPSA) is 46.6 Å². The van der Waals surface area contributed by atoms with Crippen LogP contribution in [-0.2, 0) is 14.8 Å². The van der Waals surface area contributed by atoms with E-state index in [0.717, 1.165) is 32.5 Å². The second-order valence-corrected chi connectivity index (χ2v) is 7.57. The van der Waals surface area contributed by atoms with Gasteiger partial charge in [-0.15, -0.1) is 0 Å². The summed E-state index contributed by atoms with van der Waals surface area (Å²) in [6, 6.07) is 0.271. The van der Waals surface area contributed by atoms with Crippen molar-refractivity contribution in [3.05, 3.63) is 0 Å². The molecule has 0 spiro atoms. The molecule has 0 radical (unpaired) electrons. The molecule has 5 heteroatoms. The molecule has 1 aliphatic heterocycles. The number of ether oxygens (including phenoxy) is 1.